The topological polar surface area (TPSA) is 103 Å². The Morgan fingerprint density at radius 2 is 1.40 bits per heavy atom. The third kappa shape index (κ3) is 2.46. The van der Waals surface area contributed by atoms with E-state index in [1.54, 1.807) is 24.3 Å². The van der Waals surface area contributed by atoms with Gasteiger partial charge in [0.05, 0.1) is 0 Å². The maximum absolute atomic E-state index is 9.72. The highest BCUT2D eigenvalue weighted by atomic mass is 16.5. The molecule has 0 spiro atoms. The molecular weight excluding hydrogens is 316 g/mol. The van der Waals surface area contributed by atoms with E-state index in [-0.39, 0.29) is 5.92 Å². The van der Waals surface area contributed by atoms with Crippen molar-refractivity contribution in [1.82, 2.24) is 0 Å². The number of carboxylic acid groups (broad SMARTS) is 1. The highest BCUT2D eigenvalue weighted by Crippen LogP contribution is 2.48. The third-order valence-electron chi connectivity index (χ3n) is 4.43. The van der Waals surface area contributed by atoms with Crippen LogP contribution in [0.1, 0.15) is 28.2 Å². The number of nitrogens with two attached hydrogens (primary N) is 2. The molecule has 1 aliphatic heterocycles. The monoisotopic (exact) mass is 333 g/mol. The lowest BCUT2D eigenvalue weighted by molar-refractivity contribution is 0.450. The van der Waals surface area contributed by atoms with Crippen LogP contribution in [0.25, 0.3) is 0 Å². The second-order valence-electron chi connectivity index (χ2n) is 6.04. The van der Waals surface area contributed by atoms with Crippen LogP contribution in [0.4, 0.5) is 11.4 Å². The number of anilines is 2. The smallest absolute Gasteiger partial charge is 0.457 e. The average Bonchev–Trinajstić information content (AvgIpc) is 2.59. The zero-order valence-corrected chi connectivity index (χ0v) is 13.3. The van der Waals surface area contributed by atoms with Gasteiger partial charge in [-0.1, -0.05) is 30.3 Å². The minimum Gasteiger partial charge on any atom is -0.457 e. The number of ether oxygens (including phenoxy) is 1. The van der Waals surface area contributed by atoms with Gasteiger partial charge in [-0.3, -0.25) is 0 Å². The van der Waals surface area contributed by atoms with Crippen LogP contribution in [0.2, 0.25) is 0 Å². The molecule has 0 saturated heterocycles. The van der Waals surface area contributed by atoms with Crippen LogP contribution < -0.4 is 16.2 Å². The Bertz CT molecular complexity index is 946. The van der Waals surface area contributed by atoms with Crippen molar-refractivity contribution in [2.24, 2.45) is 0 Å². The molecule has 0 aromatic heterocycles. The molecule has 124 valence electrons. The van der Waals surface area contributed by atoms with Gasteiger partial charge in [0.1, 0.15) is 17.1 Å². The lowest BCUT2D eigenvalue weighted by Crippen LogP contribution is -2.15. The fourth-order valence-electron chi connectivity index (χ4n) is 3.33. The van der Waals surface area contributed by atoms with Gasteiger partial charge in [-0.2, -0.15) is 0 Å². The number of hydrogen-bond acceptors (Lipinski definition) is 3. The van der Waals surface area contributed by atoms with Crippen molar-refractivity contribution in [2.75, 3.05) is 11.5 Å². The summed E-state index contributed by atoms with van der Waals surface area (Å²) in [5.74, 6) is 0.326. The molecule has 25 heavy (non-hydrogen) atoms. The first-order valence-corrected chi connectivity index (χ1v) is 7.85. The molecule has 5 heteroatoms. The molecule has 1 aliphatic rings. The maximum Gasteiger partial charge on any atom is 0.515 e. The number of aliphatic hydroxyl groups excluding tert-OH is 1. The van der Waals surface area contributed by atoms with Crippen LogP contribution >= 0.6 is 0 Å². The normalized spacial score (nSPS) is 12.8. The minimum absolute atomic E-state index is 0.231. The number of benzene rings is 3. The van der Waals surface area contributed by atoms with E-state index in [1.807, 2.05) is 36.4 Å². The second kappa shape index (κ2) is 5.56. The molecule has 0 radical (unpaired) electrons. The minimum atomic E-state index is -0.712. The highest BCUT2D eigenvalue weighted by molar-refractivity contribution is 5.91. The molecule has 0 amide bonds. The van der Waals surface area contributed by atoms with Gasteiger partial charge in [-0.25, -0.2) is 0 Å². The second-order valence-corrected chi connectivity index (χ2v) is 6.04. The van der Waals surface area contributed by atoms with Gasteiger partial charge in [0.15, 0.2) is 0 Å². The standard InChI is InChI=1S/C20H16N2O3/c21-11-5-7-15-17(9-11)25-18-10-12(22)6-8-16(18)19(15)13-3-1-2-4-14(13)20(23)24/h1-10,19H,21-22H2,(H,23,24)/p+1. The molecule has 3 aromatic rings. The first-order chi connectivity index (χ1) is 12.0. The summed E-state index contributed by atoms with van der Waals surface area (Å²) >= 11 is 0. The van der Waals surface area contributed by atoms with Gasteiger partial charge in [0.25, 0.3) is 0 Å². The van der Waals surface area contributed by atoms with Crippen LogP contribution in [0.15, 0.2) is 60.7 Å². The van der Waals surface area contributed by atoms with E-state index >= 15 is 0 Å². The number of carboxylic acids is 1. The van der Waals surface area contributed by atoms with Gasteiger partial charge in [-0.05, 0) is 23.8 Å². The molecule has 0 atom stereocenters. The summed E-state index contributed by atoms with van der Waals surface area (Å²) in [4.78, 5) is 9.72. The predicted molar refractivity (Wildman–Crippen MR) is 97.8 cm³/mol. The number of aromatic carboxylic acids is 1. The summed E-state index contributed by atoms with van der Waals surface area (Å²) in [6, 6.07) is 18.1. The van der Waals surface area contributed by atoms with Crippen LogP contribution in [-0.2, 0) is 0 Å². The lowest BCUT2D eigenvalue weighted by Gasteiger charge is -2.29. The summed E-state index contributed by atoms with van der Waals surface area (Å²) in [5.41, 5.74) is 15.9. The van der Waals surface area contributed by atoms with E-state index in [9.17, 15) is 9.90 Å². The van der Waals surface area contributed by atoms with Crippen molar-refractivity contribution in [3.63, 3.8) is 0 Å². The van der Waals surface area contributed by atoms with Crippen LogP contribution in [0.5, 0.6) is 11.5 Å². The Hall–Kier alpha value is -3.47. The van der Waals surface area contributed by atoms with Crippen LogP contribution in [0, 0.1) is 0 Å². The number of rotatable bonds is 2. The summed E-state index contributed by atoms with van der Waals surface area (Å²) in [6.45, 7) is 0. The molecule has 3 aromatic carbocycles. The molecule has 0 saturated carbocycles. The average molecular weight is 333 g/mol. The van der Waals surface area contributed by atoms with Crippen molar-refractivity contribution in [1.29, 1.82) is 0 Å². The number of fused-ring (bicyclic) bond motifs is 2. The fourth-order valence-corrected chi connectivity index (χ4v) is 3.33. The summed E-state index contributed by atoms with van der Waals surface area (Å²) in [7, 11) is 0. The molecule has 4 rings (SSSR count). The van der Waals surface area contributed by atoms with E-state index in [4.69, 9.17) is 16.2 Å². The van der Waals surface area contributed by atoms with Crippen molar-refractivity contribution in [2.45, 2.75) is 5.92 Å². The van der Waals surface area contributed by atoms with Gasteiger partial charge in [-0.15, -0.1) is 0 Å². The zero-order chi connectivity index (χ0) is 17.6. The highest BCUT2D eigenvalue weighted by Gasteiger charge is 2.32. The summed E-state index contributed by atoms with van der Waals surface area (Å²) < 4.78 is 6.00. The molecule has 5 nitrogen and oxygen atoms in total. The molecule has 0 aliphatic carbocycles. The Morgan fingerprint density at radius 3 is 1.96 bits per heavy atom. The Labute approximate surface area is 144 Å². The van der Waals surface area contributed by atoms with E-state index in [2.05, 4.69) is 0 Å². The Morgan fingerprint density at radius 1 is 0.840 bits per heavy atom. The molecule has 0 unspecified atom stereocenters. The zero-order valence-electron chi connectivity index (χ0n) is 13.3. The first kappa shape index (κ1) is 15.1. The number of hydrogen-bond donors (Lipinski definition) is 3. The third-order valence-corrected chi connectivity index (χ3v) is 4.43. The van der Waals surface area contributed by atoms with Gasteiger partial charge in [0.2, 0.25) is 0 Å². The molecule has 0 fully saturated rings. The van der Waals surface area contributed by atoms with Gasteiger partial charge < -0.3 is 26.1 Å². The van der Waals surface area contributed by atoms with E-state index in [0.717, 1.165) is 16.7 Å². The number of nitrogen functional groups attached to an aromatic ring is 2. The lowest BCUT2D eigenvalue weighted by atomic mass is 9.80. The first-order valence-electron chi connectivity index (χ1n) is 7.85. The van der Waals surface area contributed by atoms with Crippen LogP contribution in [0.3, 0.4) is 0 Å². The van der Waals surface area contributed by atoms with E-state index in [1.165, 1.54) is 0 Å². The summed E-state index contributed by atoms with van der Waals surface area (Å²) in [6.07, 6.45) is 0. The molecule has 6 N–H and O–H groups in total. The van der Waals surface area contributed by atoms with Crippen molar-refractivity contribution in [3.05, 3.63) is 82.9 Å². The van der Waals surface area contributed by atoms with Crippen molar-refractivity contribution < 1.29 is 14.6 Å². The fraction of sp³-hybridized carbons (Fsp3) is 0.0500. The van der Waals surface area contributed by atoms with Crippen molar-refractivity contribution in [3.8, 4) is 11.5 Å². The quantitative estimate of drug-likeness (QED) is 0.385. The summed E-state index contributed by atoms with van der Waals surface area (Å²) in [5, 5.41) is 9.72. The Balaban J connectivity index is 2.01. The largest absolute Gasteiger partial charge is 0.515 e. The Kier molecular flexibility index (Phi) is 3.35. The molecular formula is C20H17N2O3+. The van der Waals surface area contributed by atoms with E-state index in [0.29, 0.717) is 28.4 Å². The van der Waals surface area contributed by atoms with Crippen LogP contribution in [-0.4, -0.2) is 15.9 Å². The molecule has 0 bridgehead atoms. The van der Waals surface area contributed by atoms with Gasteiger partial charge >= 0.3 is 5.97 Å². The maximum atomic E-state index is 9.72. The molecule has 1 heterocycles. The van der Waals surface area contributed by atoms with Crippen molar-refractivity contribution >= 4 is 17.3 Å². The van der Waals surface area contributed by atoms with Gasteiger partial charge in [0, 0.05) is 40.6 Å². The SMILES string of the molecule is Nc1ccc2c(c1)Oc1cc(N)ccc1C2c1ccccc1C(O)=[OH+]. The van der Waals surface area contributed by atoms with E-state index < -0.39 is 5.97 Å². The predicted octanol–water partition coefficient (Wildman–Crippen LogP) is 3.55.